The third kappa shape index (κ3) is 3.58. The van der Waals surface area contributed by atoms with Crippen molar-refractivity contribution >= 4 is 27.3 Å². The largest absolute Gasteiger partial charge is 0.316 e. The second-order valence-corrected chi connectivity index (χ2v) is 7.26. The van der Waals surface area contributed by atoms with Crippen molar-refractivity contribution in [3.05, 3.63) is 20.8 Å². The lowest BCUT2D eigenvalue weighted by Crippen LogP contribution is -2.31. The molecule has 1 heterocycles. The van der Waals surface area contributed by atoms with Crippen LogP contribution in [0.15, 0.2) is 15.2 Å². The molecule has 1 fully saturated rings. The molecule has 1 aliphatic rings. The average Bonchev–Trinajstić information content (AvgIpc) is 2.77. The van der Waals surface area contributed by atoms with Gasteiger partial charge in [0.2, 0.25) is 0 Å². The van der Waals surface area contributed by atoms with Crippen molar-refractivity contribution in [2.75, 3.05) is 13.1 Å². The molecule has 0 spiro atoms. The first-order valence-corrected chi connectivity index (χ1v) is 8.88. The Morgan fingerprint density at radius 3 is 2.89 bits per heavy atom. The molecule has 1 saturated carbocycles. The molecule has 1 aliphatic carbocycles. The number of halogens is 1. The topological polar surface area (TPSA) is 12.0 Å². The van der Waals surface area contributed by atoms with Crippen LogP contribution in [-0.4, -0.2) is 13.1 Å². The van der Waals surface area contributed by atoms with Crippen molar-refractivity contribution < 1.29 is 0 Å². The molecule has 0 radical (unpaired) electrons. The summed E-state index contributed by atoms with van der Waals surface area (Å²) in [7, 11) is 0. The van der Waals surface area contributed by atoms with Crippen LogP contribution in [0.25, 0.3) is 0 Å². The van der Waals surface area contributed by atoms with Gasteiger partial charge < -0.3 is 5.32 Å². The highest BCUT2D eigenvalue weighted by atomic mass is 79.9. The lowest BCUT2D eigenvalue weighted by Gasteiger charge is -2.35. The van der Waals surface area contributed by atoms with Crippen molar-refractivity contribution in [3.8, 4) is 0 Å². The lowest BCUT2D eigenvalue weighted by atomic mass is 9.72. The monoisotopic (exact) mass is 329 g/mol. The Hall–Kier alpha value is 0.140. The van der Waals surface area contributed by atoms with E-state index in [1.165, 1.54) is 36.7 Å². The molecular weight excluding hydrogens is 306 g/mol. The summed E-state index contributed by atoms with van der Waals surface area (Å²) >= 11 is 5.55. The van der Waals surface area contributed by atoms with Crippen LogP contribution < -0.4 is 5.32 Å². The molecule has 1 N–H and O–H groups in total. The molecule has 0 aliphatic heterocycles. The maximum atomic E-state index is 3.72. The van der Waals surface area contributed by atoms with Gasteiger partial charge in [-0.3, -0.25) is 0 Å². The number of rotatable bonds is 5. The second kappa shape index (κ2) is 7.06. The van der Waals surface area contributed by atoms with E-state index in [0.29, 0.717) is 0 Å². The van der Waals surface area contributed by atoms with Gasteiger partial charge in [0.15, 0.2) is 0 Å². The normalized spacial score (nSPS) is 28.5. The maximum absolute atomic E-state index is 3.72. The maximum Gasteiger partial charge on any atom is 0.0317 e. The smallest absolute Gasteiger partial charge is 0.0317 e. The Morgan fingerprint density at radius 1 is 1.39 bits per heavy atom. The summed E-state index contributed by atoms with van der Waals surface area (Å²) in [6.07, 6.45) is 5.37. The summed E-state index contributed by atoms with van der Waals surface area (Å²) < 4.78 is 1.33. The number of nitrogens with one attached hydrogen (secondary N) is 1. The number of hydrogen-bond acceptors (Lipinski definition) is 2. The minimum Gasteiger partial charge on any atom is -0.316 e. The highest BCUT2D eigenvalue weighted by molar-refractivity contribution is 9.10. The van der Waals surface area contributed by atoms with E-state index < -0.39 is 0 Å². The molecular formula is C15H24BrNS. The molecule has 102 valence electrons. The van der Waals surface area contributed by atoms with Crippen molar-refractivity contribution in [1.82, 2.24) is 5.32 Å². The summed E-state index contributed by atoms with van der Waals surface area (Å²) in [5.41, 5.74) is 1.55. The molecule has 1 aromatic rings. The van der Waals surface area contributed by atoms with Crippen LogP contribution in [0, 0.1) is 11.8 Å². The van der Waals surface area contributed by atoms with E-state index in [0.717, 1.165) is 24.3 Å². The summed E-state index contributed by atoms with van der Waals surface area (Å²) in [6.45, 7) is 6.99. The average molecular weight is 330 g/mol. The summed E-state index contributed by atoms with van der Waals surface area (Å²) in [5.74, 6) is 2.45. The van der Waals surface area contributed by atoms with Gasteiger partial charge >= 0.3 is 0 Å². The number of hydrogen-bond donors (Lipinski definition) is 1. The minimum absolute atomic E-state index is 0.749. The number of thiophene rings is 1. The standard InChI is InChI=1S/C15H24BrNS/c1-3-6-17-8-12-5-4-11(2)7-13(12)14-9-18-10-15(14)16/h9-13,17H,3-8H2,1-2H3. The summed E-state index contributed by atoms with van der Waals surface area (Å²) in [4.78, 5) is 0. The second-order valence-electron chi connectivity index (χ2n) is 5.66. The van der Waals surface area contributed by atoms with E-state index in [-0.39, 0.29) is 0 Å². The van der Waals surface area contributed by atoms with Crippen LogP contribution in [-0.2, 0) is 0 Å². The molecule has 3 unspecified atom stereocenters. The molecule has 18 heavy (non-hydrogen) atoms. The van der Waals surface area contributed by atoms with Crippen molar-refractivity contribution in [2.45, 2.75) is 45.4 Å². The first-order chi connectivity index (χ1) is 8.72. The van der Waals surface area contributed by atoms with Gasteiger partial charge in [-0.1, -0.05) is 20.3 Å². The minimum atomic E-state index is 0.749. The zero-order valence-electron chi connectivity index (χ0n) is 11.4. The van der Waals surface area contributed by atoms with E-state index >= 15 is 0 Å². The van der Waals surface area contributed by atoms with Gasteiger partial charge in [-0.25, -0.2) is 0 Å². The van der Waals surface area contributed by atoms with Crippen LogP contribution in [0.5, 0.6) is 0 Å². The van der Waals surface area contributed by atoms with Gasteiger partial charge in [0, 0.05) is 9.85 Å². The Balaban J connectivity index is 2.04. The van der Waals surface area contributed by atoms with E-state index in [2.05, 4.69) is 45.9 Å². The third-order valence-electron chi connectivity index (χ3n) is 4.13. The molecule has 3 heteroatoms. The van der Waals surface area contributed by atoms with E-state index in [9.17, 15) is 0 Å². The van der Waals surface area contributed by atoms with Crippen molar-refractivity contribution in [3.63, 3.8) is 0 Å². The fourth-order valence-corrected chi connectivity index (χ4v) is 4.74. The lowest BCUT2D eigenvalue weighted by molar-refractivity contribution is 0.242. The third-order valence-corrected chi connectivity index (χ3v) is 5.88. The molecule has 2 rings (SSSR count). The van der Waals surface area contributed by atoms with Crippen LogP contribution in [0.3, 0.4) is 0 Å². The quantitative estimate of drug-likeness (QED) is 0.747. The molecule has 0 aromatic carbocycles. The Labute approximate surface area is 123 Å². The highest BCUT2D eigenvalue weighted by Crippen LogP contribution is 2.43. The summed E-state index contributed by atoms with van der Waals surface area (Å²) in [5, 5.41) is 8.19. The van der Waals surface area contributed by atoms with Crippen molar-refractivity contribution in [2.24, 2.45) is 11.8 Å². The zero-order chi connectivity index (χ0) is 13.0. The SMILES string of the molecule is CCCNCC1CCC(C)CC1c1cscc1Br. The van der Waals surface area contributed by atoms with Gasteiger partial charge in [-0.2, -0.15) is 11.3 Å². The predicted octanol–water partition coefficient (Wildman–Crippen LogP) is 5.03. The van der Waals surface area contributed by atoms with Gasteiger partial charge in [0.25, 0.3) is 0 Å². The van der Waals surface area contributed by atoms with Crippen LogP contribution in [0.2, 0.25) is 0 Å². The van der Waals surface area contributed by atoms with Gasteiger partial charge in [-0.05, 0) is 77.0 Å². The predicted molar refractivity (Wildman–Crippen MR) is 84.4 cm³/mol. The highest BCUT2D eigenvalue weighted by Gasteiger charge is 2.30. The molecule has 3 atom stereocenters. The molecule has 0 bridgehead atoms. The van der Waals surface area contributed by atoms with Crippen LogP contribution in [0.1, 0.15) is 51.0 Å². The first-order valence-electron chi connectivity index (χ1n) is 7.14. The van der Waals surface area contributed by atoms with Gasteiger partial charge in [0.1, 0.15) is 0 Å². The Bertz CT molecular complexity index is 363. The molecule has 1 aromatic heterocycles. The van der Waals surface area contributed by atoms with Gasteiger partial charge in [0.05, 0.1) is 0 Å². The molecule has 0 saturated heterocycles. The van der Waals surface area contributed by atoms with E-state index in [1.807, 2.05) is 11.3 Å². The fourth-order valence-electron chi connectivity index (χ4n) is 3.09. The van der Waals surface area contributed by atoms with E-state index in [4.69, 9.17) is 0 Å². The first kappa shape index (κ1) is 14.5. The summed E-state index contributed by atoms with van der Waals surface area (Å²) in [6, 6.07) is 0. The van der Waals surface area contributed by atoms with Gasteiger partial charge in [-0.15, -0.1) is 0 Å². The van der Waals surface area contributed by atoms with Crippen LogP contribution in [0.4, 0.5) is 0 Å². The fraction of sp³-hybridized carbons (Fsp3) is 0.733. The Kier molecular flexibility index (Phi) is 5.71. The molecule has 1 nitrogen and oxygen atoms in total. The molecule has 0 amide bonds. The Morgan fingerprint density at radius 2 is 2.22 bits per heavy atom. The zero-order valence-corrected chi connectivity index (χ0v) is 13.8. The van der Waals surface area contributed by atoms with Crippen LogP contribution >= 0.6 is 27.3 Å². The van der Waals surface area contributed by atoms with Crippen molar-refractivity contribution in [1.29, 1.82) is 0 Å². The van der Waals surface area contributed by atoms with E-state index in [1.54, 1.807) is 5.56 Å².